The van der Waals surface area contributed by atoms with Crippen LogP contribution in [0, 0.1) is 0 Å². The van der Waals surface area contributed by atoms with Crippen LogP contribution < -0.4 is 5.32 Å². The smallest absolute Gasteiger partial charge is 0.00280 e. The fraction of sp³-hybridized carbons (Fsp3) is 0.538. The molecule has 1 aromatic rings. The topological polar surface area (TPSA) is 12.0 Å². The molecular formula is C13H21NS. The number of hydrogen-bond acceptors (Lipinski definition) is 2. The van der Waals surface area contributed by atoms with Crippen molar-refractivity contribution in [2.45, 2.75) is 25.0 Å². The van der Waals surface area contributed by atoms with Crippen LogP contribution in [0.2, 0.25) is 0 Å². The van der Waals surface area contributed by atoms with E-state index in [1.165, 1.54) is 12.0 Å². The third-order valence-corrected chi connectivity index (χ3v) is 3.60. The third kappa shape index (κ3) is 5.85. The molecular weight excluding hydrogens is 202 g/mol. The average Bonchev–Trinajstić information content (AvgIpc) is 2.29. The van der Waals surface area contributed by atoms with Gasteiger partial charge in [-0.15, -0.1) is 0 Å². The minimum atomic E-state index is 0.772. The van der Waals surface area contributed by atoms with E-state index in [1.807, 2.05) is 11.8 Å². The summed E-state index contributed by atoms with van der Waals surface area (Å²) >= 11 is 1.94. The van der Waals surface area contributed by atoms with Gasteiger partial charge in [0.25, 0.3) is 0 Å². The quantitative estimate of drug-likeness (QED) is 0.713. The van der Waals surface area contributed by atoms with E-state index in [9.17, 15) is 0 Å². The Labute approximate surface area is 97.7 Å². The van der Waals surface area contributed by atoms with Crippen LogP contribution in [-0.2, 0) is 6.42 Å². The van der Waals surface area contributed by atoms with E-state index < -0.39 is 0 Å². The number of hydrogen-bond donors (Lipinski definition) is 1. The number of thioether (sulfide) groups is 1. The fourth-order valence-electron chi connectivity index (χ4n) is 1.43. The number of rotatable bonds is 7. The van der Waals surface area contributed by atoms with E-state index in [2.05, 4.69) is 48.8 Å². The van der Waals surface area contributed by atoms with Crippen LogP contribution >= 0.6 is 11.8 Å². The van der Waals surface area contributed by atoms with E-state index in [0.717, 1.165) is 24.8 Å². The first kappa shape index (κ1) is 12.6. The molecule has 0 bridgehead atoms. The van der Waals surface area contributed by atoms with Gasteiger partial charge in [-0.1, -0.05) is 37.3 Å². The van der Waals surface area contributed by atoms with Crippen molar-refractivity contribution in [3.63, 3.8) is 0 Å². The average molecular weight is 223 g/mol. The Balaban J connectivity index is 2.03. The van der Waals surface area contributed by atoms with Crippen molar-refractivity contribution in [1.29, 1.82) is 0 Å². The van der Waals surface area contributed by atoms with Crippen LogP contribution in [0.1, 0.15) is 18.9 Å². The van der Waals surface area contributed by atoms with E-state index in [0.29, 0.717) is 0 Å². The van der Waals surface area contributed by atoms with Crippen molar-refractivity contribution in [2.75, 3.05) is 19.3 Å². The maximum atomic E-state index is 3.49. The molecule has 0 spiro atoms. The largest absolute Gasteiger partial charge is 0.316 e. The first-order valence-corrected chi connectivity index (χ1v) is 6.89. The normalized spacial score (nSPS) is 12.7. The van der Waals surface area contributed by atoms with Crippen LogP contribution in [0.5, 0.6) is 0 Å². The molecule has 1 nitrogen and oxygen atoms in total. The Morgan fingerprint density at radius 3 is 2.60 bits per heavy atom. The second kappa shape index (κ2) is 7.77. The predicted octanol–water partition coefficient (Wildman–Crippen LogP) is 2.96. The van der Waals surface area contributed by atoms with Crippen LogP contribution in [-0.4, -0.2) is 24.6 Å². The molecule has 0 radical (unpaired) electrons. The number of nitrogens with one attached hydrogen (secondary N) is 1. The summed E-state index contributed by atoms with van der Waals surface area (Å²) in [4.78, 5) is 0. The van der Waals surface area contributed by atoms with Gasteiger partial charge in [-0.2, -0.15) is 11.8 Å². The van der Waals surface area contributed by atoms with Gasteiger partial charge in [0, 0.05) is 5.25 Å². The Hall–Kier alpha value is -0.470. The summed E-state index contributed by atoms with van der Waals surface area (Å²) < 4.78 is 0. The van der Waals surface area contributed by atoms with Gasteiger partial charge in [0.05, 0.1) is 0 Å². The molecule has 1 unspecified atom stereocenters. The van der Waals surface area contributed by atoms with Crippen molar-refractivity contribution < 1.29 is 0 Å². The van der Waals surface area contributed by atoms with Crippen LogP contribution in [0.25, 0.3) is 0 Å². The molecule has 1 rings (SSSR count). The van der Waals surface area contributed by atoms with Crippen LogP contribution in [0.3, 0.4) is 0 Å². The molecule has 0 aromatic heterocycles. The molecule has 1 atom stereocenters. The Kier molecular flexibility index (Phi) is 6.53. The highest BCUT2D eigenvalue weighted by Crippen LogP contribution is 2.07. The van der Waals surface area contributed by atoms with Gasteiger partial charge in [0.2, 0.25) is 0 Å². The minimum absolute atomic E-state index is 0.772. The molecule has 0 amide bonds. The molecule has 0 aliphatic carbocycles. The molecule has 0 saturated carbocycles. The first-order chi connectivity index (χ1) is 7.33. The van der Waals surface area contributed by atoms with Crippen molar-refractivity contribution in [1.82, 2.24) is 5.32 Å². The van der Waals surface area contributed by atoms with Gasteiger partial charge in [-0.05, 0) is 37.8 Å². The van der Waals surface area contributed by atoms with Crippen LogP contribution in [0.15, 0.2) is 30.3 Å². The van der Waals surface area contributed by atoms with Crippen molar-refractivity contribution in [3.05, 3.63) is 35.9 Å². The molecule has 84 valence electrons. The zero-order chi connectivity index (χ0) is 10.9. The first-order valence-electron chi connectivity index (χ1n) is 5.60. The standard InChI is InChI=1S/C13H21NS/c1-12(15-2)8-10-14-11-9-13-6-4-3-5-7-13/h3-7,12,14H,8-11H2,1-2H3. The van der Waals surface area contributed by atoms with Gasteiger partial charge in [0.1, 0.15) is 0 Å². The molecule has 2 heteroatoms. The van der Waals surface area contributed by atoms with Crippen LogP contribution in [0.4, 0.5) is 0 Å². The molecule has 0 aliphatic heterocycles. The zero-order valence-corrected chi connectivity index (χ0v) is 10.5. The van der Waals surface area contributed by atoms with Gasteiger partial charge in [0.15, 0.2) is 0 Å². The molecule has 0 heterocycles. The van der Waals surface area contributed by atoms with E-state index in [4.69, 9.17) is 0 Å². The Morgan fingerprint density at radius 1 is 1.20 bits per heavy atom. The fourth-order valence-corrected chi connectivity index (χ4v) is 1.78. The van der Waals surface area contributed by atoms with Gasteiger partial charge in [-0.25, -0.2) is 0 Å². The second-order valence-electron chi connectivity index (χ2n) is 3.82. The lowest BCUT2D eigenvalue weighted by Gasteiger charge is -2.08. The maximum Gasteiger partial charge on any atom is 0.00280 e. The van der Waals surface area contributed by atoms with Gasteiger partial charge in [-0.3, -0.25) is 0 Å². The molecule has 0 fully saturated rings. The lowest BCUT2D eigenvalue weighted by molar-refractivity contribution is 0.646. The zero-order valence-electron chi connectivity index (χ0n) is 9.70. The molecule has 1 N–H and O–H groups in total. The number of benzene rings is 1. The maximum absolute atomic E-state index is 3.49. The lowest BCUT2D eigenvalue weighted by Crippen LogP contribution is -2.20. The van der Waals surface area contributed by atoms with E-state index in [-0.39, 0.29) is 0 Å². The Bertz CT molecular complexity index is 248. The summed E-state index contributed by atoms with van der Waals surface area (Å²) in [5.41, 5.74) is 1.42. The predicted molar refractivity (Wildman–Crippen MR) is 70.6 cm³/mol. The highest BCUT2D eigenvalue weighted by Gasteiger charge is 1.97. The third-order valence-electron chi connectivity index (χ3n) is 2.56. The summed E-state index contributed by atoms with van der Waals surface area (Å²) in [6.07, 6.45) is 4.57. The van der Waals surface area contributed by atoms with Crippen molar-refractivity contribution in [3.8, 4) is 0 Å². The highest BCUT2D eigenvalue weighted by molar-refractivity contribution is 7.99. The van der Waals surface area contributed by atoms with E-state index in [1.54, 1.807) is 0 Å². The van der Waals surface area contributed by atoms with Crippen molar-refractivity contribution >= 4 is 11.8 Å². The van der Waals surface area contributed by atoms with Gasteiger partial charge < -0.3 is 5.32 Å². The molecule has 0 saturated heterocycles. The summed E-state index contributed by atoms with van der Waals surface area (Å²) in [7, 11) is 0. The van der Waals surface area contributed by atoms with E-state index >= 15 is 0 Å². The minimum Gasteiger partial charge on any atom is -0.316 e. The highest BCUT2D eigenvalue weighted by atomic mass is 32.2. The summed E-state index contributed by atoms with van der Waals surface area (Å²) in [5, 5.41) is 4.26. The van der Waals surface area contributed by atoms with Gasteiger partial charge >= 0.3 is 0 Å². The SMILES string of the molecule is CSC(C)CCNCCc1ccccc1. The monoisotopic (exact) mass is 223 g/mol. The summed E-state index contributed by atoms with van der Waals surface area (Å²) in [5.74, 6) is 0. The molecule has 1 aromatic carbocycles. The molecule has 0 aliphatic rings. The lowest BCUT2D eigenvalue weighted by atomic mass is 10.1. The molecule has 15 heavy (non-hydrogen) atoms. The van der Waals surface area contributed by atoms with Crippen molar-refractivity contribution in [2.24, 2.45) is 0 Å². The summed E-state index contributed by atoms with van der Waals surface area (Å²) in [6.45, 7) is 4.50. The summed E-state index contributed by atoms with van der Waals surface area (Å²) in [6, 6.07) is 10.6. The Morgan fingerprint density at radius 2 is 1.93 bits per heavy atom. The second-order valence-corrected chi connectivity index (χ2v) is 5.10.